The van der Waals surface area contributed by atoms with Crippen molar-refractivity contribution in [3.05, 3.63) is 61.1 Å². The van der Waals surface area contributed by atoms with Gasteiger partial charge < -0.3 is 9.73 Å². The van der Waals surface area contributed by atoms with Crippen LogP contribution in [0.15, 0.2) is 60.0 Å². The van der Waals surface area contributed by atoms with Crippen molar-refractivity contribution in [1.82, 2.24) is 20.3 Å². The average Bonchev–Trinajstić information content (AvgIpc) is 3.47. The van der Waals surface area contributed by atoms with Crippen LogP contribution in [0.1, 0.15) is 30.9 Å². The highest BCUT2D eigenvalue weighted by atomic mass is 35.5. The molecule has 33 heavy (non-hydrogen) atoms. The minimum atomic E-state index is -2.83. The van der Waals surface area contributed by atoms with Gasteiger partial charge in [-0.25, -0.2) is 23.7 Å². The molecule has 0 unspecified atom stereocenters. The molecule has 8 nitrogen and oxygen atoms in total. The van der Waals surface area contributed by atoms with Crippen molar-refractivity contribution in [2.75, 3.05) is 10.8 Å². The lowest BCUT2D eigenvalue weighted by Gasteiger charge is -2.31. The van der Waals surface area contributed by atoms with Crippen molar-refractivity contribution in [2.45, 2.75) is 37.3 Å². The number of hydrogen-bond acceptors (Lipinski definition) is 6. The van der Waals surface area contributed by atoms with Crippen molar-refractivity contribution in [3.63, 3.8) is 0 Å². The van der Waals surface area contributed by atoms with Gasteiger partial charge in [-0.05, 0) is 30.7 Å². The summed E-state index contributed by atoms with van der Waals surface area (Å²) in [7, 11) is 0. The SMILES string of the molecule is O=C(N[C@H]1CCC(F)(F)C1)[C@@H](c1cncnc1)N(C(=O)CCl)c1ccc(-c2cnco2)cc1. The summed E-state index contributed by atoms with van der Waals surface area (Å²) < 4.78 is 32.6. The Hall–Kier alpha value is -3.40. The Labute approximate surface area is 193 Å². The highest BCUT2D eigenvalue weighted by Gasteiger charge is 2.42. The molecule has 1 fully saturated rings. The molecule has 2 amide bonds. The summed E-state index contributed by atoms with van der Waals surface area (Å²) in [6.07, 6.45) is 6.33. The number of carbonyl (C=O) groups excluding carboxylic acids is 2. The summed E-state index contributed by atoms with van der Waals surface area (Å²) >= 11 is 5.88. The smallest absolute Gasteiger partial charge is 0.250 e. The van der Waals surface area contributed by atoms with E-state index < -0.39 is 42.1 Å². The van der Waals surface area contributed by atoms with E-state index in [2.05, 4.69) is 20.3 Å². The van der Waals surface area contributed by atoms with E-state index in [0.29, 0.717) is 22.6 Å². The van der Waals surface area contributed by atoms with E-state index in [1.807, 2.05) is 0 Å². The molecule has 1 aliphatic carbocycles. The predicted octanol–water partition coefficient (Wildman–Crippen LogP) is 3.75. The van der Waals surface area contributed by atoms with Crippen LogP contribution < -0.4 is 10.2 Å². The highest BCUT2D eigenvalue weighted by molar-refractivity contribution is 6.29. The summed E-state index contributed by atoms with van der Waals surface area (Å²) in [5.74, 6) is -3.87. The van der Waals surface area contributed by atoms with Crippen molar-refractivity contribution in [1.29, 1.82) is 0 Å². The standard InChI is InChI=1S/C22H20ClF2N5O3/c23-8-19(31)30(17-3-1-14(2-4-17)18-11-28-13-33-18)20(15-9-26-12-27-10-15)21(32)29-16-5-6-22(24,25)7-16/h1-4,9-13,16,20H,5-8H2,(H,29,32)/t16-,20+/m0/s1. The molecular weight excluding hydrogens is 456 g/mol. The molecule has 4 rings (SSSR count). The maximum absolute atomic E-state index is 13.7. The van der Waals surface area contributed by atoms with E-state index in [0.717, 1.165) is 0 Å². The number of anilines is 1. The van der Waals surface area contributed by atoms with Crippen molar-refractivity contribution >= 4 is 29.1 Å². The van der Waals surface area contributed by atoms with E-state index in [1.54, 1.807) is 30.5 Å². The first-order chi connectivity index (χ1) is 15.9. The summed E-state index contributed by atoms with van der Waals surface area (Å²) in [4.78, 5) is 39.2. The fourth-order valence-electron chi connectivity index (χ4n) is 3.87. The Morgan fingerprint density at radius 1 is 1.18 bits per heavy atom. The summed E-state index contributed by atoms with van der Waals surface area (Å²) in [6.45, 7) is 0. The fourth-order valence-corrected chi connectivity index (χ4v) is 4.00. The number of aromatic nitrogens is 3. The van der Waals surface area contributed by atoms with E-state index in [1.165, 1.54) is 30.0 Å². The zero-order valence-electron chi connectivity index (χ0n) is 17.3. The molecule has 0 spiro atoms. The van der Waals surface area contributed by atoms with Gasteiger partial charge in [-0.1, -0.05) is 0 Å². The number of carbonyl (C=O) groups is 2. The monoisotopic (exact) mass is 475 g/mol. The van der Waals surface area contributed by atoms with Gasteiger partial charge in [0.25, 0.3) is 0 Å². The quantitative estimate of drug-likeness (QED) is 0.522. The number of amides is 2. The number of nitrogens with zero attached hydrogens (tertiary/aromatic N) is 4. The second-order valence-corrected chi connectivity index (χ2v) is 7.96. The Kier molecular flexibility index (Phi) is 6.64. The number of benzene rings is 1. The molecule has 0 saturated heterocycles. The maximum atomic E-state index is 13.7. The number of rotatable bonds is 7. The largest absolute Gasteiger partial charge is 0.444 e. The van der Waals surface area contributed by atoms with Crippen molar-refractivity contribution in [3.8, 4) is 11.3 Å². The van der Waals surface area contributed by atoms with Gasteiger partial charge in [-0.2, -0.15) is 0 Å². The number of alkyl halides is 3. The number of nitrogens with one attached hydrogen (secondary N) is 1. The summed E-state index contributed by atoms with van der Waals surface area (Å²) in [5, 5.41) is 2.66. The van der Waals surface area contributed by atoms with Crippen LogP contribution in [0.3, 0.4) is 0 Å². The second-order valence-electron chi connectivity index (χ2n) is 7.69. The molecule has 2 atom stereocenters. The van der Waals surface area contributed by atoms with Gasteiger partial charge in [0.2, 0.25) is 17.7 Å². The maximum Gasteiger partial charge on any atom is 0.250 e. The molecule has 0 radical (unpaired) electrons. The Bertz CT molecular complexity index is 1100. The summed E-state index contributed by atoms with van der Waals surface area (Å²) in [6, 6.07) is 4.77. The molecular formula is C22H20ClF2N5O3. The topological polar surface area (TPSA) is 101 Å². The highest BCUT2D eigenvalue weighted by Crippen LogP contribution is 2.36. The van der Waals surface area contributed by atoms with Crippen molar-refractivity contribution in [2.24, 2.45) is 0 Å². The third kappa shape index (κ3) is 5.16. The van der Waals surface area contributed by atoms with Crippen LogP contribution in [0.2, 0.25) is 0 Å². The number of hydrogen-bond donors (Lipinski definition) is 1. The fraction of sp³-hybridized carbons (Fsp3) is 0.318. The van der Waals surface area contributed by atoms with E-state index in [4.69, 9.17) is 16.0 Å². The van der Waals surface area contributed by atoms with Crippen LogP contribution in [0.5, 0.6) is 0 Å². The zero-order valence-corrected chi connectivity index (χ0v) is 18.1. The van der Waals surface area contributed by atoms with E-state index >= 15 is 0 Å². The van der Waals surface area contributed by atoms with Gasteiger partial charge in [0.1, 0.15) is 18.2 Å². The molecule has 2 heterocycles. The van der Waals surface area contributed by atoms with Gasteiger partial charge in [-0.15, -0.1) is 11.6 Å². The molecule has 2 aromatic heterocycles. The molecule has 1 N–H and O–H groups in total. The minimum absolute atomic E-state index is 0.145. The lowest BCUT2D eigenvalue weighted by atomic mass is 10.0. The van der Waals surface area contributed by atoms with Crippen LogP contribution in [0, 0.1) is 0 Å². The number of oxazole rings is 1. The van der Waals surface area contributed by atoms with Crippen molar-refractivity contribution < 1.29 is 22.8 Å². The minimum Gasteiger partial charge on any atom is -0.444 e. The lowest BCUT2D eigenvalue weighted by molar-refractivity contribution is -0.126. The molecule has 1 aliphatic rings. The Morgan fingerprint density at radius 3 is 2.48 bits per heavy atom. The Morgan fingerprint density at radius 2 is 1.91 bits per heavy atom. The Balaban J connectivity index is 1.68. The van der Waals surface area contributed by atoms with Gasteiger partial charge >= 0.3 is 0 Å². The molecule has 0 bridgehead atoms. The van der Waals surface area contributed by atoms with Gasteiger partial charge in [0.15, 0.2) is 12.2 Å². The molecule has 1 saturated carbocycles. The first-order valence-corrected chi connectivity index (χ1v) is 10.7. The first kappa shape index (κ1) is 22.8. The van der Waals surface area contributed by atoms with Crippen LogP contribution >= 0.6 is 11.6 Å². The van der Waals surface area contributed by atoms with Crippen LogP contribution in [-0.4, -0.2) is 44.6 Å². The average molecular weight is 476 g/mol. The lowest BCUT2D eigenvalue weighted by Crippen LogP contribution is -2.47. The van der Waals surface area contributed by atoms with E-state index in [-0.39, 0.29) is 12.8 Å². The van der Waals surface area contributed by atoms with Crippen LogP contribution in [0.25, 0.3) is 11.3 Å². The van der Waals surface area contributed by atoms with Crippen LogP contribution in [-0.2, 0) is 9.59 Å². The molecule has 1 aromatic carbocycles. The molecule has 3 aromatic rings. The predicted molar refractivity (Wildman–Crippen MR) is 116 cm³/mol. The van der Waals surface area contributed by atoms with Gasteiger partial charge in [0.05, 0.1) is 6.20 Å². The van der Waals surface area contributed by atoms with Gasteiger partial charge in [0, 0.05) is 48.1 Å². The van der Waals surface area contributed by atoms with E-state index in [9.17, 15) is 18.4 Å². The first-order valence-electron chi connectivity index (χ1n) is 10.2. The third-order valence-corrected chi connectivity index (χ3v) is 5.63. The molecule has 11 heteroatoms. The van der Waals surface area contributed by atoms with Crippen LogP contribution in [0.4, 0.5) is 14.5 Å². The third-order valence-electron chi connectivity index (χ3n) is 5.40. The number of halogens is 3. The summed E-state index contributed by atoms with van der Waals surface area (Å²) in [5.41, 5.74) is 1.41. The normalized spacial score (nSPS) is 18.0. The molecule has 172 valence electrons. The molecule has 0 aliphatic heterocycles. The van der Waals surface area contributed by atoms with Gasteiger partial charge in [-0.3, -0.25) is 14.5 Å². The zero-order chi connectivity index (χ0) is 23.4. The second kappa shape index (κ2) is 9.62.